The van der Waals surface area contributed by atoms with Gasteiger partial charge in [-0.05, 0) is 12.8 Å². The molecule has 1 N–H and O–H groups in total. The molecule has 7 nitrogen and oxygen atoms in total. The summed E-state index contributed by atoms with van der Waals surface area (Å²) in [5, 5.41) is 9.14. The Labute approximate surface area is 164 Å². The van der Waals surface area contributed by atoms with Crippen molar-refractivity contribution in [2.75, 3.05) is 27.2 Å². The number of rotatable bonds is 5. The second-order valence-corrected chi connectivity index (χ2v) is 8.44. The minimum absolute atomic E-state index is 0.282. The molecule has 0 radical (unpaired) electrons. The van der Waals surface area contributed by atoms with Crippen LogP contribution in [0.4, 0.5) is 0 Å². The average Bonchev–Trinajstić information content (AvgIpc) is 3.30. The lowest BCUT2D eigenvalue weighted by atomic mass is 9.79. The number of carbonyl (C=O) groups is 3. The summed E-state index contributed by atoms with van der Waals surface area (Å²) in [7, 11) is 4.14. The highest BCUT2D eigenvalue weighted by atomic mass is 16.6. The summed E-state index contributed by atoms with van der Waals surface area (Å²) in [6, 6.07) is 8.68. The molecule has 1 heterocycles. The second kappa shape index (κ2) is 7.91. The van der Waals surface area contributed by atoms with Gasteiger partial charge in [0.15, 0.2) is 6.10 Å². The summed E-state index contributed by atoms with van der Waals surface area (Å²) in [4.78, 5) is 36.8. The highest BCUT2D eigenvalue weighted by molar-refractivity contribution is 6.29. The Morgan fingerprint density at radius 1 is 1.07 bits per heavy atom. The van der Waals surface area contributed by atoms with Crippen LogP contribution in [0, 0.1) is 5.92 Å². The van der Waals surface area contributed by atoms with Gasteiger partial charge in [0, 0.05) is 17.9 Å². The highest BCUT2D eigenvalue weighted by Crippen LogP contribution is 2.45. The van der Waals surface area contributed by atoms with Crippen molar-refractivity contribution in [3.63, 3.8) is 0 Å². The third kappa shape index (κ3) is 4.04. The van der Waals surface area contributed by atoms with E-state index in [2.05, 4.69) is 14.1 Å². The van der Waals surface area contributed by atoms with Gasteiger partial charge in [0.1, 0.15) is 6.54 Å². The lowest BCUT2D eigenvalue weighted by molar-refractivity contribution is -0.879. The van der Waals surface area contributed by atoms with Crippen molar-refractivity contribution in [3.8, 4) is 0 Å². The number of hydrogen-bond donors (Lipinski definition) is 1. The molecule has 1 aromatic rings. The largest absolute Gasteiger partial charge is 0.473 e. The van der Waals surface area contributed by atoms with Crippen LogP contribution in [0.25, 0.3) is 0 Å². The molecule has 28 heavy (non-hydrogen) atoms. The van der Waals surface area contributed by atoms with E-state index in [0.29, 0.717) is 24.9 Å². The standard InChI is InChI=1S/C21H27NO6/c1-22(2)13-12-17(14-22)27-20(26)21(16-10-6-7-11-16,28-19(25)18(23)24)15-8-4-3-5-9-15/h3-5,8-9,16-17H,6-7,10-14H2,1-2H3/p+1. The van der Waals surface area contributed by atoms with E-state index in [0.717, 1.165) is 30.3 Å². The molecule has 3 rings (SSSR count). The Morgan fingerprint density at radius 3 is 2.25 bits per heavy atom. The molecular formula is C21H28NO6+. The maximum atomic E-state index is 13.5. The minimum atomic E-state index is -1.73. The van der Waals surface area contributed by atoms with E-state index in [-0.39, 0.29) is 12.0 Å². The first-order valence-electron chi connectivity index (χ1n) is 9.79. The fourth-order valence-corrected chi connectivity index (χ4v) is 4.47. The molecule has 1 aromatic carbocycles. The van der Waals surface area contributed by atoms with Crippen LogP contribution < -0.4 is 0 Å². The zero-order valence-electron chi connectivity index (χ0n) is 16.4. The number of nitrogens with zero attached hydrogens (tertiary/aromatic N) is 1. The van der Waals surface area contributed by atoms with Crippen molar-refractivity contribution in [2.45, 2.75) is 43.8 Å². The number of carboxylic acids is 1. The van der Waals surface area contributed by atoms with E-state index in [4.69, 9.17) is 14.6 Å². The van der Waals surface area contributed by atoms with E-state index in [1.807, 2.05) is 0 Å². The second-order valence-electron chi connectivity index (χ2n) is 8.44. The maximum Gasteiger partial charge on any atom is 0.418 e. The number of esters is 2. The number of likely N-dealkylation sites (tertiary alicyclic amines) is 1. The first-order valence-corrected chi connectivity index (χ1v) is 9.79. The Hall–Kier alpha value is -2.41. The van der Waals surface area contributed by atoms with E-state index < -0.39 is 23.5 Å². The SMILES string of the molecule is C[N+]1(C)CCC(OC(=O)C(OC(=O)C(=O)O)(c2ccccc2)C2CCCC2)C1. The smallest absolute Gasteiger partial charge is 0.418 e. The van der Waals surface area contributed by atoms with Gasteiger partial charge in [0.2, 0.25) is 5.60 Å². The van der Waals surface area contributed by atoms with Crippen LogP contribution in [0.15, 0.2) is 30.3 Å². The maximum absolute atomic E-state index is 13.5. The van der Waals surface area contributed by atoms with E-state index in [1.54, 1.807) is 30.3 Å². The molecular weight excluding hydrogens is 362 g/mol. The van der Waals surface area contributed by atoms with Crippen molar-refractivity contribution in [1.29, 1.82) is 0 Å². The quantitative estimate of drug-likeness (QED) is 0.470. The van der Waals surface area contributed by atoms with Crippen LogP contribution in [0.2, 0.25) is 0 Å². The summed E-state index contributed by atoms with van der Waals surface area (Å²) in [6.45, 7) is 1.56. The van der Waals surface area contributed by atoms with Crippen LogP contribution in [0.3, 0.4) is 0 Å². The van der Waals surface area contributed by atoms with Gasteiger partial charge in [-0.2, -0.15) is 0 Å². The lowest BCUT2D eigenvalue weighted by Crippen LogP contribution is -2.50. The summed E-state index contributed by atoms with van der Waals surface area (Å²) >= 11 is 0. The van der Waals surface area contributed by atoms with Crippen molar-refractivity contribution < 1.29 is 33.4 Å². The summed E-state index contributed by atoms with van der Waals surface area (Å²) in [5.74, 6) is -4.12. The highest BCUT2D eigenvalue weighted by Gasteiger charge is 2.55. The van der Waals surface area contributed by atoms with Gasteiger partial charge in [-0.15, -0.1) is 0 Å². The number of carboxylic acid groups (broad SMARTS) is 1. The Kier molecular flexibility index (Phi) is 5.74. The lowest BCUT2D eigenvalue weighted by Gasteiger charge is -2.36. The van der Waals surface area contributed by atoms with E-state index in [1.165, 1.54) is 0 Å². The van der Waals surface area contributed by atoms with Crippen LogP contribution in [-0.2, 0) is 29.5 Å². The number of carbonyl (C=O) groups excluding carboxylic acids is 2. The van der Waals surface area contributed by atoms with E-state index >= 15 is 0 Å². The molecule has 0 spiro atoms. The first kappa shape index (κ1) is 20.3. The third-order valence-corrected chi connectivity index (χ3v) is 5.89. The molecule has 2 aliphatic rings. The van der Waals surface area contributed by atoms with Crippen LogP contribution >= 0.6 is 0 Å². The molecule has 1 aliphatic heterocycles. The molecule has 2 fully saturated rings. The third-order valence-electron chi connectivity index (χ3n) is 5.89. The topological polar surface area (TPSA) is 89.9 Å². The Bertz CT molecular complexity index is 741. The van der Waals surface area contributed by atoms with Crippen molar-refractivity contribution in [3.05, 3.63) is 35.9 Å². The molecule has 1 aliphatic carbocycles. The van der Waals surface area contributed by atoms with Crippen LogP contribution in [-0.4, -0.2) is 60.8 Å². The molecule has 2 atom stereocenters. The Morgan fingerprint density at radius 2 is 1.71 bits per heavy atom. The van der Waals surface area contributed by atoms with Gasteiger partial charge in [0.25, 0.3) is 0 Å². The molecule has 0 bridgehead atoms. The van der Waals surface area contributed by atoms with Gasteiger partial charge in [-0.1, -0.05) is 43.2 Å². The van der Waals surface area contributed by atoms with E-state index in [9.17, 15) is 14.4 Å². The molecule has 152 valence electrons. The zero-order chi connectivity index (χ0) is 20.4. The van der Waals surface area contributed by atoms with Gasteiger partial charge in [-0.3, -0.25) is 0 Å². The summed E-state index contributed by atoms with van der Waals surface area (Å²) < 4.78 is 12.1. The van der Waals surface area contributed by atoms with Crippen LogP contribution in [0.1, 0.15) is 37.7 Å². The summed E-state index contributed by atoms with van der Waals surface area (Å²) in [5.41, 5.74) is -1.26. The number of hydrogen-bond acceptors (Lipinski definition) is 5. The minimum Gasteiger partial charge on any atom is -0.473 e. The van der Waals surface area contributed by atoms with Gasteiger partial charge >= 0.3 is 17.9 Å². The van der Waals surface area contributed by atoms with Gasteiger partial charge in [-0.25, -0.2) is 14.4 Å². The number of ether oxygens (including phenoxy) is 2. The predicted octanol–water partition coefficient (Wildman–Crippen LogP) is 2.09. The normalized spacial score (nSPS) is 23.7. The molecule has 2 unspecified atom stereocenters. The van der Waals surface area contributed by atoms with Gasteiger partial charge in [0.05, 0.1) is 20.6 Å². The molecule has 7 heteroatoms. The fourth-order valence-electron chi connectivity index (χ4n) is 4.47. The van der Waals surface area contributed by atoms with Crippen molar-refractivity contribution >= 4 is 17.9 Å². The van der Waals surface area contributed by atoms with Gasteiger partial charge < -0.3 is 19.1 Å². The van der Waals surface area contributed by atoms with Crippen LogP contribution in [0.5, 0.6) is 0 Å². The Balaban J connectivity index is 1.99. The fraction of sp³-hybridized carbons (Fsp3) is 0.571. The number of likely N-dealkylation sites (N-methyl/N-ethyl adjacent to an activating group) is 1. The number of quaternary nitrogens is 1. The van der Waals surface area contributed by atoms with Crippen molar-refractivity contribution in [1.82, 2.24) is 0 Å². The molecule has 1 saturated heterocycles. The zero-order valence-corrected chi connectivity index (χ0v) is 16.4. The molecule has 0 aromatic heterocycles. The number of benzene rings is 1. The first-order chi connectivity index (χ1) is 13.2. The molecule has 1 saturated carbocycles. The average molecular weight is 390 g/mol. The monoisotopic (exact) mass is 390 g/mol. The summed E-state index contributed by atoms with van der Waals surface area (Å²) in [6.07, 6.45) is 3.57. The predicted molar refractivity (Wildman–Crippen MR) is 100 cm³/mol. The van der Waals surface area contributed by atoms with Crippen molar-refractivity contribution in [2.24, 2.45) is 5.92 Å². The number of aliphatic carboxylic acids is 1. The molecule has 0 amide bonds.